The number of anilines is 1. The van der Waals surface area contributed by atoms with Crippen LogP contribution in [0.2, 0.25) is 0 Å². The quantitative estimate of drug-likeness (QED) is 0.695. The summed E-state index contributed by atoms with van der Waals surface area (Å²) in [4.78, 5) is 13.4. The number of hydrogen-bond donors (Lipinski definition) is 0. The van der Waals surface area contributed by atoms with E-state index in [1.165, 1.54) is 0 Å². The fraction of sp³-hybridized carbons (Fsp3) is 0.533. The lowest BCUT2D eigenvalue weighted by atomic mass is 9.83. The molecule has 0 aliphatic heterocycles. The Morgan fingerprint density at radius 3 is 2.39 bits per heavy atom. The molecular weight excluding hydrogens is 226 g/mol. The van der Waals surface area contributed by atoms with E-state index in [2.05, 4.69) is 18.7 Å². The normalized spacial score (nSPS) is 11.1. The van der Waals surface area contributed by atoms with Gasteiger partial charge in [0, 0.05) is 19.0 Å². The van der Waals surface area contributed by atoms with Crippen molar-refractivity contribution in [1.29, 1.82) is 0 Å². The minimum Gasteiger partial charge on any atom is -0.495 e. The van der Waals surface area contributed by atoms with Gasteiger partial charge in [-0.05, 0) is 25.0 Å². The lowest BCUT2D eigenvalue weighted by Crippen LogP contribution is -2.36. The Morgan fingerprint density at radius 1 is 1.28 bits per heavy atom. The zero-order valence-electron chi connectivity index (χ0n) is 11.8. The summed E-state index contributed by atoms with van der Waals surface area (Å²) < 4.78 is 5.35. The summed E-state index contributed by atoms with van der Waals surface area (Å²) in [6.07, 6.45) is 2.80. The average molecular weight is 249 g/mol. The van der Waals surface area contributed by atoms with E-state index in [-0.39, 0.29) is 5.41 Å². The van der Waals surface area contributed by atoms with Crippen LogP contribution in [0.25, 0.3) is 0 Å². The van der Waals surface area contributed by atoms with Crippen LogP contribution in [0.1, 0.15) is 26.7 Å². The molecule has 0 aliphatic rings. The molecule has 1 aromatic rings. The van der Waals surface area contributed by atoms with E-state index < -0.39 is 0 Å². The van der Waals surface area contributed by atoms with Crippen LogP contribution in [-0.2, 0) is 4.79 Å². The number of carbonyl (C=O) groups is 1. The van der Waals surface area contributed by atoms with Crippen molar-refractivity contribution in [2.24, 2.45) is 5.41 Å². The first kappa shape index (κ1) is 14.6. The molecule has 0 aromatic heterocycles. The fourth-order valence-corrected chi connectivity index (χ4v) is 2.18. The second-order valence-electron chi connectivity index (χ2n) is 4.72. The Morgan fingerprint density at radius 2 is 1.89 bits per heavy atom. The van der Waals surface area contributed by atoms with Crippen LogP contribution in [0.3, 0.4) is 0 Å². The van der Waals surface area contributed by atoms with E-state index in [4.69, 9.17) is 4.74 Å². The third-order valence-electron chi connectivity index (χ3n) is 3.71. The minimum atomic E-state index is -0.268. The van der Waals surface area contributed by atoms with Gasteiger partial charge < -0.3 is 14.4 Å². The molecule has 100 valence electrons. The predicted octanol–water partition coefficient (Wildman–Crippen LogP) is 3.14. The van der Waals surface area contributed by atoms with Gasteiger partial charge in [0.1, 0.15) is 12.0 Å². The van der Waals surface area contributed by atoms with Crippen molar-refractivity contribution in [2.45, 2.75) is 26.7 Å². The van der Waals surface area contributed by atoms with Crippen molar-refractivity contribution in [1.82, 2.24) is 0 Å². The van der Waals surface area contributed by atoms with E-state index in [1.807, 2.05) is 31.3 Å². The van der Waals surface area contributed by atoms with Crippen molar-refractivity contribution >= 4 is 12.0 Å². The zero-order chi connectivity index (χ0) is 13.6. The Balaban J connectivity index is 2.93. The molecule has 0 aliphatic carbocycles. The third kappa shape index (κ3) is 3.03. The summed E-state index contributed by atoms with van der Waals surface area (Å²) >= 11 is 0. The van der Waals surface area contributed by atoms with Crippen LogP contribution in [0.5, 0.6) is 5.75 Å². The Bertz CT molecular complexity index is 386. The average Bonchev–Trinajstić information content (AvgIpc) is 2.44. The number of rotatable bonds is 7. The molecule has 0 unspecified atom stereocenters. The van der Waals surface area contributed by atoms with Gasteiger partial charge in [-0.2, -0.15) is 0 Å². The summed E-state index contributed by atoms with van der Waals surface area (Å²) in [6, 6.07) is 7.88. The van der Waals surface area contributed by atoms with Gasteiger partial charge in [-0.15, -0.1) is 0 Å². The molecule has 3 nitrogen and oxygen atoms in total. The molecule has 0 amide bonds. The van der Waals surface area contributed by atoms with Crippen LogP contribution < -0.4 is 9.64 Å². The summed E-state index contributed by atoms with van der Waals surface area (Å²) in [5.41, 5.74) is 0.753. The van der Waals surface area contributed by atoms with Gasteiger partial charge in [0.25, 0.3) is 0 Å². The van der Waals surface area contributed by atoms with Crippen molar-refractivity contribution in [3.63, 3.8) is 0 Å². The highest BCUT2D eigenvalue weighted by atomic mass is 16.5. The molecule has 0 atom stereocenters. The first-order valence-corrected chi connectivity index (χ1v) is 6.43. The number of methoxy groups -OCH3 is 1. The molecule has 1 aromatic carbocycles. The summed E-state index contributed by atoms with van der Waals surface area (Å²) in [5, 5.41) is 0. The van der Waals surface area contributed by atoms with E-state index in [9.17, 15) is 4.79 Å². The molecule has 0 heterocycles. The van der Waals surface area contributed by atoms with Crippen LogP contribution in [0, 0.1) is 5.41 Å². The Labute approximate surface area is 110 Å². The monoisotopic (exact) mass is 249 g/mol. The van der Waals surface area contributed by atoms with Gasteiger partial charge in [0.15, 0.2) is 0 Å². The Hall–Kier alpha value is -1.51. The van der Waals surface area contributed by atoms with Gasteiger partial charge in [0.2, 0.25) is 0 Å². The van der Waals surface area contributed by atoms with Gasteiger partial charge in [-0.3, -0.25) is 0 Å². The van der Waals surface area contributed by atoms with Crippen LogP contribution >= 0.6 is 0 Å². The van der Waals surface area contributed by atoms with Crippen molar-refractivity contribution in [3.05, 3.63) is 24.3 Å². The van der Waals surface area contributed by atoms with Crippen molar-refractivity contribution in [3.8, 4) is 5.75 Å². The van der Waals surface area contributed by atoms with E-state index in [1.54, 1.807) is 7.11 Å². The molecule has 0 bridgehead atoms. The topological polar surface area (TPSA) is 29.5 Å². The number of aldehydes is 1. The third-order valence-corrected chi connectivity index (χ3v) is 3.71. The first-order valence-electron chi connectivity index (χ1n) is 6.43. The number of hydrogen-bond acceptors (Lipinski definition) is 3. The minimum absolute atomic E-state index is 0.268. The molecule has 3 heteroatoms. The predicted molar refractivity (Wildman–Crippen MR) is 75.3 cm³/mol. The molecule has 0 radical (unpaired) electrons. The van der Waals surface area contributed by atoms with E-state index in [0.717, 1.165) is 30.6 Å². The first-order chi connectivity index (χ1) is 8.62. The summed E-state index contributed by atoms with van der Waals surface area (Å²) in [5.74, 6) is 0.840. The van der Waals surface area contributed by atoms with Gasteiger partial charge >= 0.3 is 0 Å². The van der Waals surface area contributed by atoms with Crippen LogP contribution in [0.15, 0.2) is 24.3 Å². The molecule has 18 heavy (non-hydrogen) atoms. The SMILES string of the molecule is CCC(C=O)(CC)CN(C)c1ccccc1OC. The van der Waals surface area contributed by atoms with Gasteiger partial charge in [-0.1, -0.05) is 26.0 Å². The number of carbonyl (C=O) groups excluding carboxylic acids is 1. The lowest BCUT2D eigenvalue weighted by Gasteiger charge is -2.32. The summed E-state index contributed by atoms with van der Waals surface area (Å²) in [7, 11) is 3.67. The number of benzene rings is 1. The van der Waals surface area contributed by atoms with Crippen molar-refractivity contribution in [2.75, 3.05) is 25.6 Å². The number of para-hydroxylation sites is 2. The van der Waals surface area contributed by atoms with Crippen LogP contribution in [-0.4, -0.2) is 27.0 Å². The maximum absolute atomic E-state index is 11.4. The maximum Gasteiger partial charge on any atom is 0.142 e. The van der Waals surface area contributed by atoms with Crippen molar-refractivity contribution < 1.29 is 9.53 Å². The molecule has 0 saturated carbocycles. The Kier molecular flexibility index (Phi) is 5.20. The molecule has 1 rings (SSSR count). The number of ether oxygens (including phenoxy) is 1. The molecule has 0 saturated heterocycles. The highest BCUT2D eigenvalue weighted by molar-refractivity contribution is 5.63. The van der Waals surface area contributed by atoms with Gasteiger partial charge in [-0.25, -0.2) is 0 Å². The summed E-state index contributed by atoms with van der Waals surface area (Å²) in [6.45, 7) is 4.84. The van der Waals surface area contributed by atoms with Crippen LogP contribution in [0.4, 0.5) is 5.69 Å². The van der Waals surface area contributed by atoms with E-state index in [0.29, 0.717) is 6.54 Å². The standard InChI is InChI=1S/C15H23NO2/c1-5-15(6-2,12-17)11-16(3)13-9-7-8-10-14(13)18-4/h7-10,12H,5-6,11H2,1-4H3. The molecule has 0 spiro atoms. The maximum atomic E-state index is 11.4. The van der Waals surface area contributed by atoms with E-state index >= 15 is 0 Å². The second kappa shape index (κ2) is 6.43. The van der Waals surface area contributed by atoms with Gasteiger partial charge in [0.05, 0.1) is 12.8 Å². The molecular formula is C15H23NO2. The fourth-order valence-electron chi connectivity index (χ4n) is 2.18. The lowest BCUT2D eigenvalue weighted by molar-refractivity contribution is -0.116. The smallest absolute Gasteiger partial charge is 0.142 e. The second-order valence-corrected chi connectivity index (χ2v) is 4.72. The highest BCUT2D eigenvalue weighted by Crippen LogP contribution is 2.31. The highest BCUT2D eigenvalue weighted by Gasteiger charge is 2.28. The number of nitrogens with zero attached hydrogens (tertiary/aromatic N) is 1. The largest absolute Gasteiger partial charge is 0.495 e. The zero-order valence-corrected chi connectivity index (χ0v) is 11.8. The molecule has 0 fully saturated rings. The molecule has 0 N–H and O–H groups in total.